The molecule has 24 heavy (non-hydrogen) atoms. The van der Waals surface area contributed by atoms with Gasteiger partial charge in [-0.25, -0.2) is 0 Å². The quantitative estimate of drug-likeness (QED) is 0.858. The van der Waals surface area contributed by atoms with E-state index in [0.29, 0.717) is 23.2 Å². The molecule has 130 valence electrons. The molecule has 2 N–H and O–H groups in total. The molecule has 0 aliphatic heterocycles. The molecule has 3 rings (SSSR count). The van der Waals surface area contributed by atoms with E-state index in [1.165, 1.54) is 0 Å². The number of hydrogen-bond acceptors (Lipinski definition) is 6. The first-order valence-corrected chi connectivity index (χ1v) is 7.70. The highest BCUT2D eigenvalue weighted by molar-refractivity contribution is 5.85. The molecule has 2 aromatic rings. The summed E-state index contributed by atoms with van der Waals surface area (Å²) >= 11 is 0. The molecule has 0 bridgehead atoms. The van der Waals surface area contributed by atoms with Crippen molar-refractivity contribution in [2.75, 3.05) is 7.11 Å². The second kappa shape index (κ2) is 7.68. The minimum Gasteiger partial charge on any atom is -0.493 e. The molecule has 0 amide bonds. The summed E-state index contributed by atoms with van der Waals surface area (Å²) in [5.41, 5.74) is 6.81. The van der Waals surface area contributed by atoms with Crippen LogP contribution in [0.4, 0.5) is 0 Å². The lowest BCUT2D eigenvalue weighted by Crippen LogP contribution is -2.44. The summed E-state index contributed by atoms with van der Waals surface area (Å²) < 4.78 is 16.3. The van der Waals surface area contributed by atoms with Gasteiger partial charge in [-0.15, -0.1) is 12.4 Å². The fourth-order valence-electron chi connectivity index (χ4n) is 2.54. The third kappa shape index (κ3) is 3.71. The summed E-state index contributed by atoms with van der Waals surface area (Å²) in [7, 11) is 1.61. The summed E-state index contributed by atoms with van der Waals surface area (Å²) in [6.07, 6.45) is 6.86. The van der Waals surface area contributed by atoms with Crippen molar-refractivity contribution in [1.29, 1.82) is 0 Å². The smallest absolute Gasteiger partial charge is 0.264 e. The van der Waals surface area contributed by atoms with E-state index in [2.05, 4.69) is 10.1 Å². The van der Waals surface area contributed by atoms with Crippen LogP contribution in [0.3, 0.4) is 0 Å². The van der Waals surface area contributed by atoms with Crippen molar-refractivity contribution >= 4 is 18.5 Å². The predicted octanol–water partition coefficient (Wildman–Crippen LogP) is 3.45. The molecule has 1 aromatic heterocycles. The molecule has 6 nitrogen and oxygen atoms in total. The number of nitrogens with zero attached hydrogens (tertiary/aromatic N) is 2. The van der Waals surface area contributed by atoms with Crippen LogP contribution in [0.25, 0.3) is 6.08 Å². The molecular weight excluding hydrogens is 330 g/mol. The third-order valence-corrected chi connectivity index (χ3v) is 4.06. The Kier molecular flexibility index (Phi) is 5.85. The van der Waals surface area contributed by atoms with Crippen LogP contribution in [0.15, 0.2) is 28.8 Å². The number of allylic oxidation sites excluding steroid dienone is 1. The summed E-state index contributed by atoms with van der Waals surface area (Å²) in [6, 6.07) is 5.74. The lowest BCUT2D eigenvalue weighted by Gasteiger charge is -2.34. The fraction of sp³-hybridized carbons (Fsp3) is 0.412. The van der Waals surface area contributed by atoms with Crippen LogP contribution in [0.2, 0.25) is 0 Å². The molecule has 1 aliphatic carbocycles. The van der Waals surface area contributed by atoms with Gasteiger partial charge in [-0.3, -0.25) is 0 Å². The van der Waals surface area contributed by atoms with Gasteiger partial charge in [-0.05, 0) is 43.9 Å². The number of nitrogens with two attached hydrogens (primary N) is 1. The lowest BCUT2D eigenvalue weighted by molar-refractivity contribution is 0.220. The summed E-state index contributed by atoms with van der Waals surface area (Å²) in [4.78, 5) is 4.34. The highest BCUT2D eigenvalue weighted by atomic mass is 35.5. The van der Waals surface area contributed by atoms with Gasteiger partial charge in [0.1, 0.15) is 0 Å². The van der Waals surface area contributed by atoms with Crippen molar-refractivity contribution in [2.45, 2.75) is 38.3 Å². The van der Waals surface area contributed by atoms with Crippen LogP contribution in [0.5, 0.6) is 11.5 Å². The lowest BCUT2D eigenvalue weighted by atomic mass is 9.77. The van der Waals surface area contributed by atoms with Crippen LogP contribution < -0.4 is 15.2 Å². The average Bonchev–Trinajstić information content (AvgIpc) is 3.00. The maximum atomic E-state index is 6.18. The number of ether oxygens (including phenoxy) is 2. The van der Waals surface area contributed by atoms with E-state index in [0.717, 1.165) is 24.8 Å². The van der Waals surface area contributed by atoms with Gasteiger partial charge in [-0.2, -0.15) is 4.98 Å². The second-order valence-electron chi connectivity index (χ2n) is 5.72. The SMILES string of the molecule is C/C=C/c1ccc(OCc2nc(C3(N)CCC3)no2)c(OC)c1.Cl. The Hall–Kier alpha value is -2.05. The van der Waals surface area contributed by atoms with Gasteiger partial charge in [0.2, 0.25) is 0 Å². The van der Waals surface area contributed by atoms with Crippen molar-refractivity contribution in [2.24, 2.45) is 5.73 Å². The summed E-state index contributed by atoms with van der Waals surface area (Å²) in [5, 5.41) is 3.97. The minimum atomic E-state index is -0.423. The molecule has 1 fully saturated rings. The summed E-state index contributed by atoms with van der Waals surface area (Å²) in [5.74, 6) is 2.27. The normalized spacial score (nSPS) is 15.6. The Morgan fingerprint density at radius 2 is 2.12 bits per heavy atom. The molecule has 0 atom stereocenters. The minimum absolute atomic E-state index is 0. The van der Waals surface area contributed by atoms with Crippen LogP contribution in [0.1, 0.15) is 43.5 Å². The van der Waals surface area contributed by atoms with Gasteiger partial charge in [0.15, 0.2) is 23.9 Å². The molecule has 0 spiro atoms. The van der Waals surface area contributed by atoms with Gasteiger partial charge in [0.25, 0.3) is 5.89 Å². The zero-order chi connectivity index (χ0) is 16.3. The molecule has 1 heterocycles. The van der Waals surface area contributed by atoms with E-state index >= 15 is 0 Å². The molecule has 1 aromatic carbocycles. The Labute approximate surface area is 147 Å². The molecule has 0 unspecified atom stereocenters. The fourth-order valence-corrected chi connectivity index (χ4v) is 2.54. The van der Waals surface area contributed by atoms with E-state index in [-0.39, 0.29) is 19.0 Å². The van der Waals surface area contributed by atoms with Gasteiger partial charge in [-0.1, -0.05) is 23.4 Å². The van der Waals surface area contributed by atoms with Crippen molar-refractivity contribution in [3.05, 3.63) is 41.6 Å². The molecule has 0 saturated heterocycles. The Morgan fingerprint density at radius 1 is 1.33 bits per heavy atom. The maximum absolute atomic E-state index is 6.18. The molecular formula is C17H22ClN3O3. The second-order valence-corrected chi connectivity index (χ2v) is 5.72. The van der Waals surface area contributed by atoms with E-state index in [4.69, 9.17) is 19.7 Å². The molecule has 1 saturated carbocycles. The average molecular weight is 352 g/mol. The highest BCUT2D eigenvalue weighted by Crippen LogP contribution is 2.37. The van der Waals surface area contributed by atoms with Crippen molar-refractivity contribution in [3.8, 4) is 11.5 Å². The Balaban J connectivity index is 0.00000208. The highest BCUT2D eigenvalue weighted by Gasteiger charge is 2.39. The topological polar surface area (TPSA) is 83.4 Å². The van der Waals surface area contributed by atoms with Gasteiger partial charge in [0.05, 0.1) is 12.6 Å². The Morgan fingerprint density at radius 3 is 2.75 bits per heavy atom. The van der Waals surface area contributed by atoms with Gasteiger partial charge < -0.3 is 19.7 Å². The maximum Gasteiger partial charge on any atom is 0.264 e. The van der Waals surface area contributed by atoms with Gasteiger partial charge in [0, 0.05) is 0 Å². The van der Waals surface area contributed by atoms with Crippen LogP contribution in [0, 0.1) is 0 Å². The molecule has 1 aliphatic rings. The standard InChI is InChI=1S/C17H21N3O3.ClH/c1-3-5-12-6-7-13(14(10-12)21-2)22-11-15-19-16(20-23-15)17(18)8-4-9-17;/h3,5-7,10H,4,8-9,11,18H2,1-2H3;1H/b5-3+;. The van der Waals surface area contributed by atoms with E-state index < -0.39 is 5.54 Å². The monoisotopic (exact) mass is 351 g/mol. The van der Waals surface area contributed by atoms with Crippen LogP contribution >= 0.6 is 12.4 Å². The van der Waals surface area contributed by atoms with E-state index in [1.807, 2.05) is 37.3 Å². The van der Waals surface area contributed by atoms with Crippen molar-refractivity contribution < 1.29 is 14.0 Å². The number of rotatable bonds is 6. The first kappa shape index (κ1) is 18.3. The van der Waals surface area contributed by atoms with Crippen LogP contribution in [-0.4, -0.2) is 17.3 Å². The number of benzene rings is 1. The first-order valence-electron chi connectivity index (χ1n) is 7.70. The first-order chi connectivity index (χ1) is 11.1. The van der Waals surface area contributed by atoms with Gasteiger partial charge >= 0.3 is 0 Å². The van der Waals surface area contributed by atoms with E-state index in [1.54, 1.807) is 7.11 Å². The third-order valence-electron chi connectivity index (χ3n) is 4.06. The van der Waals surface area contributed by atoms with Crippen LogP contribution in [-0.2, 0) is 12.1 Å². The number of halogens is 1. The largest absolute Gasteiger partial charge is 0.493 e. The molecule has 0 radical (unpaired) electrons. The van der Waals surface area contributed by atoms with E-state index in [9.17, 15) is 0 Å². The summed E-state index contributed by atoms with van der Waals surface area (Å²) in [6.45, 7) is 2.15. The molecule has 7 heteroatoms. The predicted molar refractivity (Wildman–Crippen MR) is 93.3 cm³/mol. The van der Waals surface area contributed by atoms with Crippen molar-refractivity contribution in [3.63, 3.8) is 0 Å². The number of hydrogen-bond donors (Lipinski definition) is 1. The Bertz CT molecular complexity index is 711. The zero-order valence-corrected chi connectivity index (χ0v) is 14.6. The number of methoxy groups -OCH3 is 1. The number of aromatic nitrogens is 2. The zero-order valence-electron chi connectivity index (χ0n) is 13.8. The van der Waals surface area contributed by atoms with Crippen molar-refractivity contribution in [1.82, 2.24) is 10.1 Å².